The van der Waals surface area contributed by atoms with E-state index in [1.54, 1.807) is 17.5 Å². The van der Waals surface area contributed by atoms with E-state index in [0.29, 0.717) is 13.0 Å². The van der Waals surface area contributed by atoms with Gasteiger partial charge in [-0.05, 0) is 29.1 Å². The van der Waals surface area contributed by atoms with E-state index in [1.807, 2.05) is 40.6 Å². The Balaban J connectivity index is 1.57. The van der Waals surface area contributed by atoms with Crippen molar-refractivity contribution in [2.24, 2.45) is 0 Å². The molecule has 3 heterocycles. The Labute approximate surface area is 151 Å². The van der Waals surface area contributed by atoms with Crippen molar-refractivity contribution in [2.45, 2.75) is 13.0 Å². The first-order valence-electron chi connectivity index (χ1n) is 8.38. The van der Waals surface area contributed by atoms with Crippen molar-refractivity contribution >= 4 is 28.7 Å². The predicted octanol–water partition coefficient (Wildman–Crippen LogP) is 3.74. The number of benzene rings is 1. The van der Waals surface area contributed by atoms with Crippen LogP contribution in [0.15, 0.2) is 66.2 Å². The van der Waals surface area contributed by atoms with Gasteiger partial charge in [0.25, 0.3) is 0 Å². The minimum absolute atomic E-state index is 0.135. The fraction of sp³-hybridized carbons (Fsp3) is 0.200. The molecular formula is C20H19N3OS. The molecule has 0 N–H and O–H groups in total. The van der Waals surface area contributed by atoms with Crippen molar-refractivity contribution < 1.29 is 4.79 Å². The van der Waals surface area contributed by atoms with Gasteiger partial charge in [0.1, 0.15) is 0 Å². The first-order valence-corrected chi connectivity index (χ1v) is 9.26. The molecule has 0 bridgehead atoms. The number of fused-ring (bicyclic) bond motifs is 1. The van der Waals surface area contributed by atoms with Crippen molar-refractivity contribution in [2.75, 3.05) is 22.9 Å². The molecule has 5 heteroatoms. The van der Waals surface area contributed by atoms with Crippen molar-refractivity contribution in [1.29, 1.82) is 0 Å². The van der Waals surface area contributed by atoms with Gasteiger partial charge in [-0.2, -0.15) is 0 Å². The fourth-order valence-corrected chi connectivity index (χ4v) is 3.86. The molecule has 126 valence electrons. The Hall–Kier alpha value is -2.66. The standard InChI is InChI=1S/C20H19N3OS/c24-19(14-17-8-5-13-25-17)23-12-11-22(15-16-6-2-1-3-7-16)20-18(23)9-4-10-21-20/h1-10,13H,11-12,14-15H2. The third kappa shape index (κ3) is 3.42. The molecule has 0 radical (unpaired) electrons. The Morgan fingerprint density at radius 3 is 2.72 bits per heavy atom. The maximum absolute atomic E-state index is 12.8. The van der Waals surface area contributed by atoms with Crippen molar-refractivity contribution in [3.8, 4) is 0 Å². The van der Waals surface area contributed by atoms with E-state index in [-0.39, 0.29) is 5.91 Å². The number of carbonyl (C=O) groups is 1. The summed E-state index contributed by atoms with van der Waals surface area (Å²) in [5, 5.41) is 2.01. The molecule has 0 aliphatic carbocycles. The lowest BCUT2D eigenvalue weighted by molar-refractivity contribution is -0.118. The van der Waals surface area contributed by atoms with E-state index in [0.717, 1.165) is 29.5 Å². The molecule has 0 saturated heterocycles. The first kappa shape index (κ1) is 15.8. The Kier molecular flexibility index (Phi) is 4.48. The summed E-state index contributed by atoms with van der Waals surface area (Å²) in [6.07, 6.45) is 2.24. The molecule has 0 fully saturated rings. The maximum Gasteiger partial charge on any atom is 0.232 e. The zero-order chi connectivity index (χ0) is 17.1. The molecule has 1 aliphatic heterocycles. The largest absolute Gasteiger partial charge is 0.349 e. The van der Waals surface area contributed by atoms with Crippen LogP contribution in [0.5, 0.6) is 0 Å². The lowest BCUT2D eigenvalue weighted by Crippen LogP contribution is -2.44. The predicted molar refractivity (Wildman–Crippen MR) is 102 cm³/mol. The van der Waals surface area contributed by atoms with Crippen LogP contribution in [0, 0.1) is 0 Å². The number of rotatable bonds is 4. The number of anilines is 2. The number of aromatic nitrogens is 1. The zero-order valence-electron chi connectivity index (χ0n) is 13.8. The first-order chi connectivity index (χ1) is 12.3. The minimum atomic E-state index is 0.135. The second-order valence-corrected chi connectivity index (χ2v) is 7.09. The number of hydrogen-bond donors (Lipinski definition) is 0. The summed E-state index contributed by atoms with van der Waals surface area (Å²) in [5.41, 5.74) is 2.16. The van der Waals surface area contributed by atoms with Gasteiger partial charge < -0.3 is 9.80 Å². The molecule has 4 nitrogen and oxygen atoms in total. The average Bonchev–Trinajstić information content (AvgIpc) is 3.16. The van der Waals surface area contributed by atoms with Gasteiger partial charge in [0.2, 0.25) is 5.91 Å². The van der Waals surface area contributed by atoms with Crippen LogP contribution in [0.1, 0.15) is 10.4 Å². The van der Waals surface area contributed by atoms with Crippen LogP contribution < -0.4 is 9.80 Å². The van der Waals surface area contributed by atoms with Gasteiger partial charge in [0.05, 0.1) is 12.1 Å². The van der Waals surface area contributed by atoms with Gasteiger partial charge >= 0.3 is 0 Å². The highest BCUT2D eigenvalue weighted by Gasteiger charge is 2.27. The van der Waals surface area contributed by atoms with Crippen LogP contribution in [0.2, 0.25) is 0 Å². The van der Waals surface area contributed by atoms with Gasteiger partial charge in [-0.15, -0.1) is 11.3 Å². The van der Waals surface area contributed by atoms with E-state index in [1.165, 1.54) is 5.56 Å². The number of thiophene rings is 1. The van der Waals surface area contributed by atoms with Crippen LogP contribution in [0.25, 0.3) is 0 Å². The highest BCUT2D eigenvalue weighted by Crippen LogP contribution is 2.32. The van der Waals surface area contributed by atoms with E-state index in [4.69, 9.17) is 0 Å². The molecule has 0 unspecified atom stereocenters. The normalized spacial score (nSPS) is 13.6. The summed E-state index contributed by atoms with van der Waals surface area (Å²) in [5.74, 6) is 1.02. The van der Waals surface area contributed by atoms with Gasteiger partial charge in [-0.25, -0.2) is 4.98 Å². The number of amides is 1. The molecule has 3 aromatic rings. The Morgan fingerprint density at radius 2 is 1.92 bits per heavy atom. The lowest BCUT2D eigenvalue weighted by Gasteiger charge is -2.36. The van der Waals surface area contributed by atoms with Gasteiger partial charge in [-0.3, -0.25) is 4.79 Å². The topological polar surface area (TPSA) is 36.4 Å². The van der Waals surface area contributed by atoms with Gasteiger partial charge in [0.15, 0.2) is 5.82 Å². The quantitative estimate of drug-likeness (QED) is 0.720. The summed E-state index contributed by atoms with van der Waals surface area (Å²) >= 11 is 1.63. The number of nitrogens with zero attached hydrogens (tertiary/aromatic N) is 3. The molecular weight excluding hydrogens is 330 g/mol. The molecule has 0 spiro atoms. The monoisotopic (exact) mass is 349 g/mol. The number of carbonyl (C=O) groups excluding carboxylic acids is 1. The third-order valence-electron chi connectivity index (χ3n) is 4.37. The smallest absolute Gasteiger partial charge is 0.232 e. The van der Waals surface area contributed by atoms with E-state index >= 15 is 0 Å². The number of pyridine rings is 1. The van der Waals surface area contributed by atoms with Crippen LogP contribution in [0.4, 0.5) is 11.5 Å². The summed E-state index contributed by atoms with van der Waals surface area (Å²) < 4.78 is 0. The zero-order valence-corrected chi connectivity index (χ0v) is 14.7. The highest BCUT2D eigenvalue weighted by molar-refractivity contribution is 7.10. The van der Waals surface area contributed by atoms with Gasteiger partial charge in [0, 0.05) is 30.7 Å². The molecule has 25 heavy (non-hydrogen) atoms. The molecule has 1 aromatic carbocycles. The van der Waals surface area contributed by atoms with Crippen molar-refractivity contribution in [3.05, 3.63) is 76.6 Å². The fourth-order valence-electron chi connectivity index (χ4n) is 3.16. The molecule has 0 atom stereocenters. The summed E-state index contributed by atoms with van der Waals surface area (Å²) in [6.45, 7) is 2.28. The molecule has 2 aromatic heterocycles. The van der Waals surface area contributed by atoms with Crippen LogP contribution in [-0.4, -0.2) is 24.0 Å². The van der Waals surface area contributed by atoms with E-state index in [9.17, 15) is 4.79 Å². The SMILES string of the molecule is O=C(Cc1cccs1)N1CCN(Cc2ccccc2)c2ncccc21. The maximum atomic E-state index is 12.8. The molecule has 4 rings (SSSR count). The summed E-state index contributed by atoms with van der Waals surface area (Å²) in [7, 11) is 0. The van der Waals surface area contributed by atoms with E-state index in [2.05, 4.69) is 34.1 Å². The second-order valence-electron chi connectivity index (χ2n) is 6.05. The Bertz CT molecular complexity index is 848. The molecule has 1 aliphatic rings. The minimum Gasteiger partial charge on any atom is -0.349 e. The second kappa shape index (κ2) is 7.07. The average molecular weight is 349 g/mol. The highest BCUT2D eigenvalue weighted by atomic mass is 32.1. The van der Waals surface area contributed by atoms with Crippen molar-refractivity contribution in [3.63, 3.8) is 0 Å². The lowest BCUT2D eigenvalue weighted by atomic mass is 10.1. The van der Waals surface area contributed by atoms with Crippen LogP contribution >= 0.6 is 11.3 Å². The van der Waals surface area contributed by atoms with E-state index < -0.39 is 0 Å². The third-order valence-corrected chi connectivity index (χ3v) is 5.25. The summed E-state index contributed by atoms with van der Waals surface area (Å²) in [4.78, 5) is 22.6. The van der Waals surface area contributed by atoms with Crippen LogP contribution in [-0.2, 0) is 17.8 Å². The number of hydrogen-bond acceptors (Lipinski definition) is 4. The van der Waals surface area contributed by atoms with Crippen molar-refractivity contribution in [1.82, 2.24) is 4.98 Å². The summed E-state index contributed by atoms with van der Waals surface area (Å²) in [6, 6.07) is 18.3. The van der Waals surface area contributed by atoms with Gasteiger partial charge in [-0.1, -0.05) is 36.4 Å². The van der Waals surface area contributed by atoms with Crippen LogP contribution in [0.3, 0.4) is 0 Å². The molecule has 0 saturated carbocycles. The molecule has 1 amide bonds. The Morgan fingerprint density at radius 1 is 1.04 bits per heavy atom.